The molecular weight excluding hydrogens is 484 g/mol. The van der Waals surface area contributed by atoms with Gasteiger partial charge in [-0.2, -0.15) is 0 Å². The van der Waals surface area contributed by atoms with E-state index in [-0.39, 0.29) is 10.8 Å². The van der Waals surface area contributed by atoms with Gasteiger partial charge in [0.1, 0.15) is 11.5 Å². The van der Waals surface area contributed by atoms with E-state index in [9.17, 15) is 13.2 Å². The lowest BCUT2D eigenvalue weighted by Crippen LogP contribution is -2.26. The van der Waals surface area contributed by atoms with Crippen molar-refractivity contribution in [1.29, 1.82) is 0 Å². The standard InChI is InChI=1S/C26H26N2O5S2/c1-5-33-21-9-6-19(7-10-21)27-26(29)25-16-18-15-20(8-13-24(18)34-25)28(3)35(30,31)22-11-12-23(32-4)17(2)14-22/h6-16H,5H2,1-4H3,(H,27,29). The minimum atomic E-state index is -3.77. The molecule has 182 valence electrons. The van der Waals surface area contributed by atoms with Gasteiger partial charge in [0.2, 0.25) is 0 Å². The summed E-state index contributed by atoms with van der Waals surface area (Å²) in [6.45, 7) is 4.29. The molecule has 0 aliphatic heterocycles. The number of ether oxygens (including phenoxy) is 2. The van der Waals surface area contributed by atoms with Crippen molar-refractivity contribution >= 4 is 48.7 Å². The number of hydrogen-bond donors (Lipinski definition) is 1. The van der Waals surface area contributed by atoms with Gasteiger partial charge in [0.05, 0.1) is 29.2 Å². The molecule has 1 N–H and O–H groups in total. The predicted octanol–water partition coefficient (Wildman–Crippen LogP) is 5.69. The first-order valence-electron chi connectivity index (χ1n) is 10.9. The van der Waals surface area contributed by atoms with Crippen molar-refractivity contribution < 1.29 is 22.7 Å². The fraction of sp³-hybridized carbons (Fsp3) is 0.192. The highest BCUT2D eigenvalue weighted by Gasteiger charge is 2.23. The SMILES string of the molecule is CCOc1ccc(NC(=O)c2cc3cc(N(C)S(=O)(=O)c4ccc(OC)c(C)c4)ccc3s2)cc1. The van der Waals surface area contributed by atoms with Gasteiger partial charge < -0.3 is 14.8 Å². The molecule has 1 aromatic heterocycles. The number of carbonyl (C=O) groups is 1. The first kappa shape index (κ1) is 24.6. The van der Waals surface area contributed by atoms with Gasteiger partial charge in [-0.25, -0.2) is 8.42 Å². The highest BCUT2D eigenvalue weighted by Crippen LogP contribution is 2.32. The summed E-state index contributed by atoms with van der Waals surface area (Å²) < 4.78 is 39.2. The van der Waals surface area contributed by atoms with Gasteiger partial charge in [-0.05, 0) is 91.5 Å². The molecule has 4 aromatic rings. The van der Waals surface area contributed by atoms with E-state index in [1.54, 1.807) is 68.6 Å². The van der Waals surface area contributed by atoms with Crippen molar-refractivity contribution in [3.63, 3.8) is 0 Å². The number of rotatable bonds is 8. The van der Waals surface area contributed by atoms with Crippen LogP contribution in [-0.2, 0) is 10.0 Å². The molecule has 0 fully saturated rings. The van der Waals surface area contributed by atoms with Gasteiger partial charge in [0.15, 0.2) is 0 Å². The highest BCUT2D eigenvalue weighted by atomic mass is 32.2. The fourth-order valence-electron chi connectivity index (χ4n) is 3.64. The van der Waals surface area contributed by atoms with Gasteiger partial charge >= 0.3 is 0 Å². The van der Waals surface area contributed by atoms with Crippen LogP contribution in [0.5, 0.6) is 11.5 Å². The number of hydrogen-bond acceptors (Lipinski definition) is 6. The zero-order valence-corrected chi connectivity index (χ0v) is 21.5. The fourth-order valence-corrected chi connectivity index (χ4v) is 5.85. The maximum Gasteiger partial charge on any atom is 0.265 e. The third-order valence-electron chi connectivity index (χ3n) is 5.54. The first-order chi connectivity index (χ1) is 16.7. The van der Waals surface area contributed by atoms with E-state index in [0.29, 0.717) is 28.6 Å². The van der Waals surface area contributed by atoms with E-state index in [2.05, 4.69) is 5.32 Å². The lowest BCUT2D eigenvalue weighted by Gasteiger charge is -2.20. The molecule has 4 rings (SSSR count). The van der Waals surface area contributed by atoms with Crippen LogP contribution in [0.25, 0.3) is 10.1 Å². The van der Waals surface area contributed by atoms with Gasteiger partial charge in [-0.15, -0.1) is 11.3 Å². The number of benzene rings is 3. The summed E-state index contributed by atoms with van der Waals surface area (Å²) in [7, 11) is -0.712. The van der Waals surface area contributed by atoms with Crippen molar-refractivity contribution in [3.05, 3.63) is 77.2 Å². The zero-order chi connectivity index (χ0) is 25.2. The molecule has 0 aliphatic rings. The molecule has 0 unspecified atom stereocenters. The molecule has 7 nitrogen and oxygen atoms in total. The number of nitrogens with one attached hydrogen (secondary N) is 1. The number of amides is 1. The number of nitrogens with zero attached hydrogens (tertiary/aromatic N) is 1. The Kier molecular flexibility index (Phi) is 7.00. The lowest BCUT2D eigenvalue weighted by atomic mass is 10.2. The van der Waals surface area contributed by atoms with Crippen molar-refractivity contribution in [2.24, 2.45) is 0 Å². The summed E-state index contributed by atoms with van der Waals surface area (Å²) in [5, 5.41) is 3.67. The minimum absolute atomic E-state index is 0.180. The molecule has 1 heterocycles. The van der Waals surface area contributed by atoms with Crippen molar-refractivity contribution in [2.75, 3.05) is 30.4 Å². The van der Waals surface area contributed by atoms with E-state index < -0.39 is 10.0 Å². The summed E-state index contributed by atoms with van der Waals surface area (Å²) in [4.78, 5) is 13.5. The summed E-state index contributed by atoms with van der Waals surface area (Å²) in [6, 6.07) is 19.1. The Bertz CT molecular complexity index is 1480. The summed E-state index contributed by atoms with van der Waals surface area (Å²) >= 11 is 1.35. The van der Waals surface area contributed by atoms with Crippen molar-refractivity contribution in [2.45, 2.75) is 18.7 Å². The van der Waals surface area contributed by atoms with Crippen molar-refractivity contribution in [1.82, 2.24) is 0 Å². The van der Waals surface area contributed by atoms with Crippen LogP contribution in [0.3, 0.4) is 0 Å². The molecule has 0 bridgehead atoms. The van der Waals surface area contributed by atoms with E-state index in [1.807, 2.05) is 13.0 Å². The number of fused-ring (bicyclic) bond motifs is 1. The molecule has 0 saturated carbocycles. The Hall–Kier alpha value is -3.56. The van der Waals surface area contributed by atoms with Crippen LogP contribution in [-0.4, -0.2) is 35.1 Å². The maximum absolute atomic E-state index is 13.2. The summed E-state index contributed by atoms with van der Waals surface area (Å²) in [5.41, 5.74) is 1.90. The zero-order valence-electron chi connectivity index (χ0n) is 19.9. The Balaban J connectivity index is 1.56. The third-order valence-corrected chi connectivity index (χ3v) is 8.43. The van der Waals surface area contributed by atoms with E-state index in [0.717, 1.165) is 21.4 Å². The van der Waals surface area contributed by atoms with E-state index in [1.165, 1.54) is 28.8 Å². The molecular formula is C26H26N2O5S2. The van der Waals surface area contributed by atoms with Crippen LogP contribution in [0.15, 0.2) is 71.6 Å². The van der Waals surface area contributed by atoms with Crippen LogP contribution in [0, 0.1) is 6.92 Å². The van der Waals surface area contributed by atoms with Crippen LogP contribution < -0.4 is 19.1 Å². The molecule has 0 atom stereocenters. The van der Waals surface area contributed by atoms with Crippen LogP contribution in [0.1, 0.15) is 22.2 Å². The van der Waals surface area contributed by atoms with Gasteiger partial charge in [0, 0.05) is 17.4 Å². The molecule has 35 heavy (non-hydrogen) atoms. The Labute approximate surface area is 209 Å². The molecule has 0 saturated heterocycles. The number of aryl methyl sites for hydroxylation is 1. The number of anilines is 2. The van der Waals surface area contributed by atoms with Crippen LogP contribution in [0.4, 0.5) is 11.4 Å². The second-order valence-corrected chi connectivity index (χ2v) is 10.9. The molecule has 0 radical (unpaired) electrons. The summed E-state index contributed by atoms with van der Waals surface area (Å²) in [6.07, 6.45) is 0. The summed E-state index contributed by atoms with van der Waals surface area (Å²) in [5.74, 6) is 1.14. The van der Waals surface area contributed by atoms with E-state index >= 15 is 0 Å². The average Bonchev–Trinajstić information content (AvgIpc) is 3.28. The molecule has 9 heteroatoms. The second-order valence-electron chi connectivity index (χ2n) is 7.85. The molecule has 0 spiro atoms. The maximum atomic E-state index is 13.2. The molecule has 0 aliphatic carbocycles. The number of methoxy groups -OCH3 is 1. The third kappa shape index (κ3) is 5.11. The Morgan fingerprint density at radius 2 is 1.77 bits per heavy atom. The Morgan fingerprint density at radius 1 is 1.03 bits per heavy atom. The first-order valence-corrected chi connectivity index (χ1v) is 13.2. The largest absolute Gasteiger partial charge is 0.496 e. The van der Waals surface area contributed by atoms with Crippen LogP contribution >= 0.6 is 11.3 Å². The Morgan fingerprint density at radius 3 is 2.43 bits per heavy atom. The molecule has 1 amide bonds. The smallest absolute Gasteiger partial charge is 0.265 e. The van der Waals surface area contributed by atoms with Crippen molar-refractivity contribution in [3.8, 4) is 11.5 Å². The topological polar surface area (TPSA) is 84.9 Å². The second kappa shape index (κ2) is 9.97. The predicted molar refractivity (Wildman–Crippen MR) is 141 cm³/mol. The lowest BCUT2D eigenvalue weighted by molar-refractivity contribution is 0.103. The monoisotopic (exact) mass is 510 g/mol. The number of thiophene rings is 1. The quantitative estimate of drug-likeness (QED) is 0.329. The normalized spacial score (nSPS) is 11.3. The average molecular weight is 511 g/mol. The van der Waals surface area contributed by atoms with Crippen LogP contribution in [0.2, 0.25) is 0 Å². The number of sulfonamides is 1. The van der Waals surface area contributed by atoms with E-state index in [4.69, 9.17) is 9.47 Å². The highest BCUT2D eigenvalue weighted by molar-refractivity contribution is 7.92. The van der Waals surface area contributed by atoms with Gasteiger partial charge in [-0.3, -0.25) is 9.10 Å². The van der Waals surface area contributed by atoms with Gasteiger partial charge in [0.25, 0.3) is 15.9 Å². The van der Waals surface area contributed by atoms with Gasteiger partial charge in [-0.1, -0.05) is 0 Å². The number of carbonyl (C=O) groups excluding carboxylic acids is 1. The molecule has 3 aromatic carbocycles. The minimum Gasteiger partial charge on any atom is -0.496 e.